The Morgan fingerprint density at radius 3 is 2.85 bits per heavy atom. The number of rotatable bonds is 5. The van der Waals surface area contributed by atoms with Crippen LogP contribution in [0.3, 0.4) is 0 Å². The summed E-state index contributed by atoms with van der Waals surface area (Å²) in [6, 6.07) is 0.681. The standard InChI is InChI=1S/C21H35N5/c1-3-22-21(24-20-12-19(20)18-7-5-4-6-8-18)26-10-9-16(15-26)11-17-13-23-25(2)14-17/h13-14,16,18-20H,3-12,15H2,1-2H3,(H,22,24). The summed E-state index contributed by atoms with van der Waals surface area (Å²) in [7, 11) is 2.00. The Labute approximate surface area is 158 Å². The lowest BCUT2D eigenvalue weighted by Gasteiger charge is -2.24. The zero-order valence-corrected chi connectivity index (χ0v) is 16.5. The lowest BCUT2D eigenvalue weighted by molar-refractivity contribution is 0.314. The summed E-state index contributed by atoms with van der Waals surface area (Å²) >= 11 is 0. The molecule has 1 aromatic rings. The van der Waals surface area contributed by atoms with Crippen LogP contribution in [0.25, 0.3) is 0 Å². The Balaban J connectivity index is 1.29. The van der Waals surface area contributed by atoms with E-state index in [-0.39, 0.29) is 0 Å². The number of aromatic nitrogens is 2. The molecule has 144 valence electrons. The highest BCUT2D eigenvalue weighted by atomic mass is 15.3. The molecule has 5 heteroatoms. The van der Waals surface area contributed by atoms with E-state index in [9.17, 15) is 0 Å². The van der Waals surface area contributed by atoms with Crippen LogP contribution in [-0.2, 0) is 13.5 Å². The first kappa shape index (κ1) is 17.9. The van der Waals surface area contributed by atoms with Crippen molar-refractivity contribution in [3.63, 3.8) is 0 Å². The van der Waals surface area contributed by atoms with Gasteiger partial charge in [0, 0.05) is 38.9 Å². The van der Waals surface area contributed by atoms with Gasteiger partial charge < -0.3 is 10.2 Å². The lowest BCUT2D eigenvalue weighted by atomic mass is 9.85. The van der Waals surface area contributed by atoms with Gasteiger partial charge in [-0.25, -0.2) is 0 Å². The van der Waals surface area contributed by atoms with Crippen LogP contribution in [-0.4, -0.2) is 46.3 Å². The van der Waals surface area contributed by atoms with Crippen molar-refractivity contribution < 1.29 is 0 Å². The minimum atomic E-state index is 0.681. The molecule has 3 fully saturated rings. The van der Waals surface area contributed by atoms with Gasteiger partial charge in [-0.2, -0.15) is 5.10 Å². The molecule has 5 nitrogen and oxygen atoms in total. The van der Waals surface area contributed by atoms with Crippen LogP contribution in [0.4, 0.5) is 0 Å². The molecule has 0 amide bonds. The average Bonchev–Trinajstić information content (AvgIpc) is 3.05. The van der Waals surface area contributed by atoms with Crippen LogP contribution in [0.1, 0.15) is 57.4 Å². The van der Waals surface area contributed by atoms with Gasteiger partial charge in [-0.1, -0.05) is 32.1 Å². The molecular formula is C21H35N5. The van der Waals surface area contributed by atoms with E-state index in [0.717, 1.165) is 43.8 Å². The maximum atomic E-state index is 4.83. The molecule has 2 heterocycles. The third-order valence-electron chi connectivity index (χ3n) is 6.59. The van der Waals surface area contributed by atoms with Crippen LogP contribution < -0.4 is 5.32 Å². The van der Waals surface area contributed by atoms with Gasteiger partial charge in [-0.3, -0.25) is 9.67 Å². The predicted molar refractivity (Wildman–Crippen MR) is 106 cm³/mol. The molecule has 2 saturated carbocycles. The van der Waals surface area contributed by atoms with Crippen molar-refractivity contribution in [3.05, 3.63) is 18.0 Å². The monoisotopic (exact) mass is 357 g/mol. The van der Waals surface area contributed by atoms with E-state index in [1.165, 1.54) is 56.5 Å². The number of aryl methyl sites for hydroxylation is 1. The van der Waals surface area contributed by atoms with Crippen LogP contribution in [0, 0.1) is 17.8 Å². The summed E-state index contributed by atoms with van der Waals surface area (Å²) in [6.45, 7) is 5.28. The highest BCUT2D eigenvalue weighted by Crippen LogP contribution is 2.44. The Morgan fingerprint density at radius 2 is 2.12 bits per heavy atom. The normalized spacial score (nSPS) is 30.0. The van der Waals surface area contributed by atoms with Crippen molar-refractivity contribution in [2.45, 2.75) is 64.3 Å². The fourth-order valence-electron chi connectivity index (χ4n) is 5.12. The Hall–Kier alpha value is -1.52. The number of nitrogens with zero attached hydrogens (tertiary/aromatic N) is 4. The van der Waals surface area contributed by atoms with E-state index in [2.05, 4.69) is 28.4 Å². The van der Waals surface area contributed by atoms with Crippen LogP contribution in [0.15, 0.2) is 17.4 Å². The van der Waals surface area contributed by atoms with Gasteiger partial charge in [0.15, 0.2) is 5.96 Å². The van der Waals surface area contributed by atoms with Crippen molar-refractivity contribution in [2.75, 3.05) is 19.6 Å². The van der Waals surface area contributed by atoms with Crippen molar-refractivity contribution in [1.82, 2.24) is 20.0 Å². The molecule has 1 aromatic heterocycles. The predicted octanol–water partition coefficient (Wildman–Crippen LogP) is 3.22. The van der Waals surface area contributed by atoms with Crippen molar-refractivity contribution in [3.8, 4) is 0 Å². The van der Waals surface area contributed by atoms with Gasteiger partial charge in [0.1, 0.15) is 0 Å². The maximum absolute atomic E-state index is 4.83. The Kier molecular flexibility index (Phi) is 5.51. The molecular weight excluding hydrogens is 322 g/mol. The summed E-state index contributed by atoms with van der Waals surface area (Å²) in [5.74, 6) is 3.77. The second-order valence-corrected chi connectivity index (χ2v) is 8.67. The fraction of sp³-hybridized carbons (Fsp3) is 0.810. The van der Waals surface area contributed by atoms with Crippen LogP contribution >= 0.6 is 0 Å². The van der Waals surface area contributed by atoms with Gasteiger partial charge in [-0.15, -0.1) is 0 Å². The van der Waals surface area contributed by atoms with Crippen molar-refractivity contribution in [1.29, 1.82) is 0 Å². The lowest BCUT2D eigenvalue weighted by Crippen LogP contribution is -2.42. The largest absolute Gasteiger partial charge is 0.353 e. The zero-order valence-electron chi connectivity index (χ0n) is 16.5. The van der Waals surface area contributed by atoms with E-state index in [1.807, 2.05) is 17.9 Å². The molecule has 1 saturated heterocycles. The highest BCUT2D eigenvalue weighted by Gasteiger charge is 2.44. The quantitative estimate of drug-likeness (QED) is 0.650. The molecule has 26 heavy (non-hydrogen) atoms. The molecule has 1 N–H and O–H groups in total. The van der Waals surface area contributed by atoms with E-state index >= 15 is 0 Å². The van der Waals surface area contributed by atoms with Gasteiger partial charge in [0.2, 0.25) is 0 Å². The Morgan fingerprint density at radius 1 is 1.27 bits per heavy atom. The number of hydrogen-bond acceptors (Lipinski definition) is 2. The maximum Gasteiger partial charge on any atom is 0.194 e. The first-order valence-electron chi connectivity index (χ1n) is 10.8. The molecule has 3 aliphatic rings. The number of guanidine groups is 1. The summed E-state index contributed by atoms with van der Waals surface area (Å²) in [5.41, 5.74) is 1.36. The van der Waals surface area contributed by atoms with Crippen molar-refractivity contribution >= 4 is 5.96 Å². The van der Waals surface area contributed by atoms with E-state index in [0.29, 0.717) is 6.04 Å². The van der Waals surface area contributed by atoms with E-state index in [4.69, 9.17) is 4.99 Å². The molecule has 3 atom stereocenters. The van der Waals surface area contributed by atoms with Gasteiger partial charge in [0.05, 0.1) is 6.20 Å². The molecule has 4 rings (SSSR count). The molecule has 0 spiro atoms. The highest BCUT2D eigenvalue weighted by molar-refractivity contribution is 5.81. The summed E-state index contributed by atoms with van der Waals surface area (Å²) in [4.78, 5) is 7.33. The zero-order chi connectivity index (χ0) is 17.9. The second kappa shape index (κ2) is 8.01. The molecule has 0 bridgehead atoms. The minimum Gasteiger partial charge on any atom is -0.353 e. The van der Waals surface area contributed by atoms with Crippen LogP contribution in [0.5, 0.6) is 0 Å². The van der Waals surface area contributed by atoms with Gasteiger partial charge in [0.25, 0.3) is 0 Å². The molecule has 0 radical (unpaired) electrons. The topological polar surface area (TPSA) is 45.5 Å². The van der Waals surface area contributed by atoms with Crippen molar-refractivity contribution in [2.24, 2.45) is 29.8 Å². The SMILES string of the molecule is CCN=C(NC1CC1C1CCCCC1)N1CCC(Cc2cnn(C)c2)C1. The smallest absolute Gasteiger partial charge is 0.194 e. The molecule has 2 aliphatic carbocycles. The first-order valence-corrected chi connectivity index (χ1v) is 10.8. The number of likely N-dealkylation sites (tertiary alicyclic amines) is 1. The van der Waals surface area contributed by atoms with Crippen LogP contribution in [0.2, 0.25) is 0 Å². The number of hydrogen-bond donors (Lipinski definition) is 1. The summed E-state index contributed by atoms with van der Waals surface area (Å²) in [6.07, 6.45) is 15.2. The average molecular weight is 358 g/mol. The number of aliphatic imine (C=N–C) groups is 1. The van der Waals surface area contributed by atoms with Gasteiger partial charge in [-0.05, 0) is 49.5 Å². The summed E-state index contributed by atoms with van der Waals surface area (Å²) < 4.78 is 1.91. The van der Waals surface area contributed by atoms with E-state index < -0.39 is 0 Å². The van der Waals surface area contributed by atoms with E-state index in [1.54, 1.807) is 0 Å². The first-order chi connectivity index (χ1) is 12.7. The Bertz CT molecular complexity index is 616. The van der Waals surface area contributed by atoms with Gasteiger partial charge >= 0.3 is 0 Å². The molecule has 3 unspecified atom stereocenters. The number of nitrogens with one attached hydrogen (secondary N) is 1. The summed E-state index contributed by atoms with van der Waals surface area (Å²) in [5, 5.41) is 8.14. The third kappa shape index (κ3) is 4.24. The molecule has 0 aromatic carbocycles. The minimum absolute atomic E-state index is 0.681. The third-order valence-corrected chi connectivity index (χ3v) is 6.59. The second-order valence-electron chi connectivity index (χ2n) is 8.67. The molecule has 1 aliphatic heterocycles. The fourth-order valence-corrected chi connectivity index (χ4v) is 5.12.